The van der Waals surface area contributed by atoms with Crippen LogP contribution in [-0.2, 0) is 9.59 Å². The zero-order valence-corrected chi connectivity index (χ0v) is 16.4. The van der Waals surface area contributed by atoms with E-state index in [1.807, 2.05) is 0 Å². The van der Waals surface area contributed by atoms with Gasteiger partial charge in [0.15, 0.2) is 0 Å². The molecule has 0 spiro atoms. The first kappa shape index (κ1) is 20.7. The van der Waals surface area contributed by atoms with Crippen molar-refractivity contribution in [2.75, 3.05) is 0 Å². The van der Waals surface area contributed by atoms with Crippen LogP contribution in [0.5, 0.6) is 11.5 Å². The van der Waals surface area contributed by atoms with Crippen molar-refractivity contribution in [2.45, 2.75) is 6.92 Å². The SMILES string of the molecule is C=CC(=O)Oc1ccc(-c2ccc(-c3ccc(OC(=O)C(=C)C)cc3)cc2F)cc1. The van der Waals surface area contributed by atoms with Gasteiger partial charge in [-0.1, -0.05) is 49.6 Å². The Morgan fingerprint density at radius 3 is 1.90 bits per heavy atom. The quantitative estimate of drug-likeness (QED) is 0.300. The van der Waals surface area contributed by atoms with Gasteiger partial charge in [-0.3, -0.25) is 0 Å². The molecular formula is C25H19FO4. The molecule has 0 unspecified atom stereocenters. The fraction of sp³-hybridized carbons (Fsp3) is 0.0400. The minimum Gasteiger partial charge on any atom is -0.423 e. The number of hydrogen-bond acceptors (Lipinski definition) is 4. The smallest absolute Gasteiger partial charge is 0.338 e. The van der Waals surface area contributed by atoms with Gasteiger partial charge >= 0.3 is 11.9 Å². The lowest BCUT2D eigenvalue weighted by molar-refractivity contribution is -0.130. The van der Waals surface area contributed by atoms with Crippen molar-refractivity contribution in [3.8, 4) is 33.8 Å². The van der Waals surface area contributed by atoms with Gasteiger partial charge in [-0.25, -0.2) is 14.0 Å². The lowest BCUT2D eigenvalue weighted by Crippen LogP contribution is -2.07. The number of benzene rings is 3. The topological polar surface area (TPSA) is 52.6 Å². The Morgan fingerprint density at radius 2 is 1.37 bits per heavy atom. The Morgan fingerprint density at radius 1 is 0.833 bits per heavy atom. The second kappa shape index (κ2) is 9.01. The molecule has 0 fully saturated rings. The molecule has 0 aromatic heterocycles. The van der Waals surface area contributed by atoms with E-state index >= 15 is 0 Å². The molecule has 0 aliphatic rings. The molecule has 30 heavy (non-hydrogen) atoms. The normalized spacial score (nSPS) is 10.2. The summed E-state index contributed by atoms with van der Waals surface area (Å²) in [6.45, 7) is 8.45. The van der Waals surface area contributed by atoms with Crippen molar-refractivity contribution < 1.29 is 23.5 Å². The Balaban J connectivity index is 1.78. The summed E-state index contributed by atoms with van der Waals surface area (Å²) in [6, 6.07) is 18.2. The Labute approximate surface area is 173 Å². The molecule has 3 rings (SSSR count). The molecule has 0 bridgehead atoms. The average Bonchev–Trinajstić information content (AvgIpc) is 2.74. The highest BCUT2D eigenvalue weighted by atomic mass is 19.1. The molecule has 0 amide bonds. The maximum absolute atomic E-state index is 14.7. The van der Waals surface area contributed by atoms with E-state index in [4.69, 9.17) is 9.47 Å². The van der Waals surface area contributed by atoms with Gasteiger partial charge in [0.1, 0.15) is 17.3 Å². The number of esters is 2. The zero-order chi connectivity index (χ0) is 21.7. The molecule has 5 heteroatoms. The van der Waals surface area contributed by atoms with Gasteiger partial charge in [0.05, 0.1) is 0 Å². The second-order valence-corrected chi connectivity index (χ2v) is 6.54. The van der Waals surface area contributed by atoms with Crippen molar-refractivity contribution in [1.82, 2.24) is 0 Å². The summed E-state index contributed by atoms with van der Waals surface area (Å²) in [7, 11) is 0. The molecule has 0 atom stereocenters. The van der Waals surface area contributed by atoms with Crippen LogP contribution in [0.2, 0.25) is 0 Å². The minimum atomic E-state index is -0.557. The maximum atomic E-state index is 14.7. The van der Waals surface area contributed by atoms with E-state index in [1.165, 1.54) is 6.07 Å². The van der Waals surface area contributed by atoms with Gasteiger partial charge in [0.25, 0.3) is 0 Å². The highest BCUT2D eigenvalue weighted by Gasteiger charge is 2.10. The molecule has 0 radical (unpaired) electrons. The van der Waals surface area contributed by atoms with Crippen LogP contribution in [0.25, 0.3) is 22.3 Å². The molecule has 3 aromatic carbocycles. The van der Waals surface area contributed by atoms with E-state index in [-0.39, 0.29) is 5.82 Å². The van der Waals surface area contributed by atoms with Crippen LogP contribution in [-0.4, -0.2) is 11.9 Å². The van der Waals surface area contributed by atoms with Crippen LogP contribution in [0.3, 0.4) is 0 Å². The Bertz CT molecular complexity index is 1110. The summed E-state index contributed by atoms with van der Waals surface area (Å²) in [4.78, 5) is 22.8. The first-order chi connectivity index (χ1) is 14.4. The van der Waals surface area contributed by atoms with Crippen molar-refractivity contribution in [1.29, 1.82) is 0 Å². The molecule has 0 N–H and O–H groups in total. The highest BCUT2D eigenvalue weighted by Crippen LogP contribution is 2.30. The van der Waals surface area contributed by atoms with Gasteiger partial charge in [-0.05, 0) is 53.9 Å². The lowest BCUT2D eigenvalue weighted by Gasteiger charge is -2.09. The second-order valence-electron chi connectivity index (χ2n) is 6.54. The molecule has 0 aliphatic heterocycles. The van der Waals surface area contributed by atoms with Gasteiger partial charge in [-0.15, -0.1) is 0 Å². The van der Waals surface area contributed by atoms with E-state index < -0.39 is 11.9 Å². The predicted octanol–water partition coefficient (Wildman–Crippen LogP) is 5.73. The summed E-state index contributed by atoms with van der Waals surface area (Å²) in [6.07, 6.45) is 1.07. The summed E-state index contributed by atoms with van der Waals surface area (Å²) in [5, 5.41) is 0. The number of halogens is 1. The third-order valence-electron chi connectivity index (χ3n) is 4.27. The van der Waals surface area contributed by atoms with E-state index in [2.05, 4.69) is 13.2 Å². The van der Waals surface area contributed by atoms with Gasteiger partial charge in [0.2, 0.25) is 0 Å². The van der Waals surface area contributed by atoms with E-state index in [9.17, 15) is 14.0 Å². The minimum absolute atomic E-state index is 0.309. The monoisotopic (exact) mass is 402 g/mol. The molecular weight excluding hydrogens is 383 g/mol. The highest BCUT2D eigenvalue weighted by molar-refractivity contribution is 5.88. The summed E-state index contributed by atoms with van der Waals surface area (Å²) in [5.74, 6) is -0.697. The number of rotatable bonds is 6. The average molecular weight is 402 g/mol. The third-order valence-corrected chi connectivity index (χ3v) is 4.27. The van der Waals surface area contributed by atoms with Gasteiger partial charge in [0, 0.05) is 17.2 Å². The molecule has 0 saturated carbocycles. The zero-order valence-electron chi connectivity index (χ0n) is 16.4. The summed E-state index contributed by atoms with van der Waals surface area (Å²) >= 11 is 0. The number of ether oxygens (including phenoxy) is 2. The van der Waals surface area contributed by atoms with Crippen LogP contribution in [0.15, 0.2) is 91.5 Å². The molecule has 4 nitrogen and oxygen atoms in total. The van der Waals surface area contributed by atoms with Crippen LogP contribution in [0.4, 0.5) is 4.39 Å². The largest absolute Gasteiger partial charge is 0.423 e. The number of carbonyl (C=O) groups excluding carboxylic acids is 2. The first-order valence-electron chi connectivity index (χ1n) is 9.09. The van der Waals surface area contributed by atoms with Crippen molar-refractivity contribution in [2.24, 2.45) is 0 Å². The van der Waals surface area contributed by atoms with Crippen LogP contribution in [0, 0.1) is 5.82 Å². The first-order valence-corrected chi connectivity index (χ1v) is 9.09. The fourth-order valence-corrected chi connectivity index (χ4v) is 2.70. The molecule has 3 aromatic rings. The van der Waals surface area contributed by atoms with Crippen LogP contribution in [0.1, 0.15) is 6.92 Å². The Hall–Kier alpha value is -3.99. The van der Waals surface area contributed by atoms with Crippen molar-refractivity contribution in [3.05, 3.63) is 97.4 Å². The van der Waals surface area contributed by atoms with E-state index in [1.54, 1.807) is 67.6 Å². The molecule has 150 valence electrons. The molecule has 0 heterocycles. The Kier molecular flexibility index (Phi) is 6.23. The van der Waals surface area contributed by atoms with E-state index in [0.29, 0.717) is 33.8 Å². The molecule has 0 aliphatic carbocycles. The lowest BCUT2D eigenvalue weighted by atomic mass is 9.99. The van der Waals surface area contributed by atoms with Crippen molar-refractivity contribution in [3.63, 3.8) is 0 Å². The third kappa shape index (κ3) is 4.89. The maximum Gasteiger partial charge on any atom is 0.338 e. The summed E-state index contributed by atoms with van der Waals surface area (Å²) < 4.78 is 24.9. The van der Waals surface area contributed by atoms with Crippen LogP contribution >= 0.6 is 0 Å². The van der Waals surface area contributed by atoms with Crippen molar-refractivity contribution >= 4 is 11.9 Å². The molecule has 0 saturated heterocycles. The number of carbonyl (C=O) groups is 2. The van der Waals surface area contributed by atoms with Gasteiger partial charge < -0.3 is 9.47 Å². The number of hydrogen-bond donors (Lipinski definition) is 0. The predicted molar refractivity (Wildman–Crippen MR) is 114 cm³/mol. The summed E-state index contributed by atoms with van der Waals surface area (Å²) in [5.41, 5.74) is 2.85. The van der Waals surface area contributed by atoms with E-state index in [0.717, 1.165) is 11.6 Å². The fourth-order valence-electron chi connectivity index (χ4n) is 2.70. The van der Waals surface area contributed by atoms with Gasteiger partial charge in [-0.2, -0.15) is 0 Å². The van der Waals surface area contributed by atoms with Crippen LogP contribution < -0.4 is 9.47 Å². The standard InChI is InChI=1S/C25H19FO4/c1-4-24(27)29-20-12-7-18(8-13-20)22-14-9-19(15-23(22)26)17-5-10-21(11-6-17)30-25(28)16(2)3/h4-15H,1-2H2,3H3.